The van der Waals surface area contributed by atoms with Crippen LogP contribution in [0.25, 0.3) is 11.3 Å². The number of nitrogens with zero attached hydrogens (tertiary/aromatic N) is 2. The molecule has 3 aromatic rings. The molecule has 1 heterocycles. The highest BCUT2D eigenvalue weighted by Gasteiger charge is 2.21. The molecule has 0 saturated carbocycles. The molecule has 1 aromatic heterocycles. The van der Waals surface area contributed by atoms with Crippen LogP contribution in [0.4, 0.5) is 4.39 Å². The van der Waals surface area contributed by atoms with Gasteiger partial charge in [0, 0.05) is 35.3 Å². The molecule has 122 valence electrons. The second-order valence-electron chi connectivity index (χ2n) is 5.35. The van der Waals surface area contributed by atoms with Crippen molar-refractivity contribution in [2.45, 2.75) is 6.54 Å². The fourth-order valence-corrected chi connectivity index (χ4v) is 2.85. The molecule has 0 saturated heterocycles. The Morgan fingerprint density at radius 2 is 2.00 bits per heavy atom. The van der Waals surface area contributed by atoms with Crippen LogP contribution in [0.1, 0.15) is 21.5 Å². The van der Waals surface area contributed by atoms with Crippen LogP contribution in [0, 0.1) is 5.82 Å². The molecule has 0 spiro atoms. The van der Waals surface area contributed by atoms with E-state index in [0.717, 1.165) is 5.56 Å². The van der Waals surface area contributed by atoms with Crippen LogP contribution in [0.2, 0.25) is 5.02 Å². The maximum Gasteiger partial charge on any atom is 0.196 e. The number of aromatic nitrogens is 2. The molecule has 6 heteroatoms. The zero-order valence-corrected chi connectivity index (χ0v) is 13.7. The molecule has 0 aliphatic heterocycles. The van der Waals surface area contributed by atoms with Gasteiger partial charge in [0.1, 0.15) is 5.82 Å². The molecule has 0 aliphatic rings. The van der Waals surface area contributed by atoms with Crippen molar-refractivity contribution in [3.63, 3.8) is 0 Å². The molecule has 0 bridgehead atoms. The fourth-order valence-electron chi connectivity index (χ4n) is 2.68. The third-order valence-corrected chi connectivity index (χ3v) is 4.07. The smallest absolute Gasteiger partial charge is 0.196 e. The lowest BCUT2D eigenvalue weighted by Gasteiger charge is -2.12. The lowest BCUT2D eigenvalue weighted by atomic mass is 9.95. The average molecular weight is 344 g/mol. The first kappa shape index (κ1) is 16.4. The van der Waals surface area contributed by atoms with E-state index in [1.54, 1.807) is 48.3 Å². The molecule has 0 atom stereocenters. The van der Waals surface area contributed by atoms with Crippen molar-refractivity contribution < 1.29 is 9.18 Å². The lowest BCUT2D eigenvalue weighted by Crippen LogP contribution is -2.09. The summed E-state index contributed by atoms with van der Waals surface area (Å²) in [7, 11) is 1.76. The number of aryl methyl sites for hydroxylation is 1. The van der Waals surface area contributed by atoms with Crippen molar-refractivity contribution in [2.24, 2.45) is 12.8 Å². The molecule has 3 rings (SSSR count). The molecular weight excluding hydrogens is 329 g/mol. The molecule has 0 amide bonds. The molecule has 0 fully saturated rings. The van der Waals surface area contributed by atoms with Crippen molar-refractivity contribution in [3.05, 3.63) is 76.2 Å². The predicted octanol–water partition coefficient (Wildman–Crippen LogP) is 3.57. The topological polar surface area (TPSA) is 60.9 Å². The first-order chi connectivity index (χ1) is 11.5. The normalized spacial score (nSPS) is 10.8. The van der Waals surface area contributed by atoms with Crippen LogP contribution >= 0.6 is 11.6 Å². The summed E-state index contributed by atoms with van der Waals surface area (Å²) >= 11 is 6.07. The van der Waals surface area contributed by atoms with E-state index in [1.807, 2.05) is 0 Å². The molecule has 0 aliphatic carbocycles. The third-order valence-electron chi connectivity index (χ3n) is 3.83. The first-order valence-corrected chi connectivity index (χ1v) is 7.70. The van der Waals surface area contributed by atoms with Gasteiger partial charge in [0.25, 0.3) is 0 Å². The third kappa shape index (κ3) is 2.84. The van der Waals surface area contributed by atoms with Gasteiger partial charge in [-0.1, -0.05) is 29.8 Å². The van der Waals surface area contributed by atoms with E-state index < -0.39 is 11.6 Å². The Labute approximate surface area is 143 Å². The molecule has 4 nitrogen and oxygen atoms in total. The predicted molar refractivity (Wildman–Crippen MR) is 91.4 cm³/mol. The second-order valence-corrected chi connectivity index (χ2v) is 5.78. The summed E-state index contributed by atoms with van der Waals surface area (Å²) in [6.45, 7) is 0.277. The summed E-state index contributed by atoms with van der Waals surface area (Å²) in [4.78, 5) is 12.9. The minimum atomic E-state index is -0.572. The van der Waals surface area contributed by atoms with Gasteiger partial charge >= 0.3 is 0 Å². The number of carbonyl (C=O) groups excluding carboxylic acids is 1. The number of hydrogen-bond acceptors (Lipinski definition) is 3. The highest BCUT2D eigenvalue weighted by atomic mass is 35.5. The molecule has 2 aromatic carbocycles. The van der Waals surface area contributed by atoms with Gasteiger partial charge in [0.2, 0.25) is 0 Å². The zero-order chi connectivity index (χ0) is 17.3. The van der Waals surface area contributed by atoms with Crippen LogP contribution in [0.5, 0.6) is 0 Å². The number of rotatable bonds is 4. The Morgan fingerprint density at radius 3 is 2.71 bits per heavy atom. The average Bonchev–Trinajstić information content (AvgIpc) is 2.95. The van der Waals surface area contributed by atoms with Gasteiger partial charge in [-0.25, -0.2) is 4.39 Å². The highest BCUT2D eigenvalue weighted by molar-refractivity contribution is 6.31. The van der Waals surface area contributed by atoms with Gasteiger partial charge in [0.15, 0.2) is 5.78 Å². The Kier molecular flexibility index (Phi) is 4.46. The fraction of sp³-hybridized carbons (Fsp3) is 0.111. The summed E-state index contributed by atoms with van der Waals surface area (Å²) in [5.41, 5.74) is 8.21. The van der Waals surface area contributed by atoms with Gasteiger partial charge in [-0.2, -0.15) is 5.10 Å². The maximum absolute atomic E-state index is 14.0. The number of benzene rings is 2. The van der Waals surface area contributed by atoms with Gasteiger partial charge in [-0.3, -0.25) is 9.48 Å². The minimum absolute atomic E-state index is 0.00233. The quantitative estimate of drug-likeness (QED) is 0.737. The van der Waals surface area contributed by atoms with Crippen molar-refractivity contribution in [1.82, 2.24) is 9.78 Å². The second kappa shape index (κ2) is 6.55. The Bertz CT molecular complexity index is 920. The molecule has 2 N–H and O–H groups in total. The SMILES string of the molecule is Cn1ncc(CN)c1-c1ccc(Cl)cc1C(=O)c1ccccc1F. The summed E-state index contributed by atoms with van der Waals surface area (Å²) < 4.78 is 15.7. The first-order valence-electron chi connectivity index (χ1n) is 7.33. The van der Waals surface area contributed by atoms with Crippen molar-refractivity contribution in [2.75, 3.05) is 0 Å². The molecule has 24 heavy (non-hydrogen) atoms. The van der Waals surface area contributed by atoms with Gasteiger partial charge in [-0.15, -0.1) is 0 Å². The van der Waals surface area contributed by atoms with Crippen molar-refractivity contribution in [1.29, 1.82) is 0 Å². The number of nitrogens with two attached hydrogens (primary N) is 1. The standard InChI is InChI=1S/C18H15ClFN3O/c1-23-17(11(9-21)10-22-23)13-7-6-12(19)8-15(13)18(24)14-4-2-3-5-16(14)20/h2-8,10H,9,21H2,1H3. The van der Waals surface area contributed by atoms with E-state index in [2.05, 4.69) is 5.10 Å². The van der Waals surface area contributed by atoms with Gasteiger partial charge in [-0.05, 0) is 24.3 Å². The van der Waals surface area contributed by atoms with E-state index in [9.17, 15) is 9.18 Å². The van der Waals surface area contributed by atoms with E-state index in [-0.39, 0.29) is 12.1 Å². The Hall–Kier alpha value is -2.50. The van der Waals surface area contributed by atoms with E-state index in [4.69, 9.17) is 17.3 Å². The van der Waals surface area contributed by atoms with Crippen molar-refractivity contribution in [3.8, 4) is 11.3 Å². The molecule has 0 unspecified atom stereocenters. The van der Waals surface area contributed by atoms with Crippen LogP contribution < -0.4 is 5.73 Å². The van der Waals surface area contributed by atoms with Crippen LogP contribution in [0.15, 0.2) is 48.7 Å². The summed E-state index contributed by atoms with van der Waals surface area (Å²) in [5.74, 6) is -1.01. The maximum atomic E-state index is 14.0. The number of halogens is 2. The van der Waals surface area contributed by atoms with Gasteiger partial charge < -0.3 is 5.73 Å². The largest absolute Gasteiger partial charge is 0.326 e. The number of ketones is 1. The van der Waals surface area contributed by atoms with E-state index in [1.165, 1.54) is 12.1 Å². The van der Waals surface area contributed by atoms with Crippen molar-refractivity contribution >= 4 is 17.4 Å². The summed E-state index contributed by atoms with van der Waals surface area (Å²) in [6, 6.07) is 10.8. The minimum Gasteiger partial charge on any atom is -0.326 e. The number of carbonyl (C=O) groups is 1. The Morgan fingerprint density at radius 1 is 1.25 bits per heavy atom. The Balaban J connectivity index is 2.22. The highest BCUT2D eigenvalue weighted by Crippen LogP contribution is 2.31. The molecule has 0 radical (unpaired) electrons. The lowest BCUT2D eigenvalue weighted by molar-refractivity contribution is 0.103. The summed E-state index contributed by atoms with van der Waals surface area (Å²) in [5, 5.41) is 4.59. The van der Waals surface area contributed by atoms with Crippen LogP contribution in [-0.2, 0) is 13.6 Å². The van der Waals surface area contributed by atoms with Crippen LogP contribution in [0.3, 0.4) is 0 Å². The van der Waals surface area contributed by atoms with Crippen LogP contribution in [-0.4, -0.2) is 15.6 Å². The van der Waals surface area contributed by atoms with Gasteiger partial charge in [0.05, 0.1) is 17.5 Å². The zero-order valence-electron chi connectivity index (χ0n) is 13.0. The molecular formula is C18H15ClFN3O. The van der Waals surface area contributed by atoms with E-state index in [0.29, 0.717) is 21.8 Å². The monoisotopic (exact) mass is 343 g/mol. The van der Waals surface area contributed by atoms with E-state index >= 15 is 0 Å². The number of hydrogen-bond donors (Lipinski definition) is 1. The summed E-state index contributed by atoms with van der Waals surface area (Å²) in [6.07, 6.45) is 1.65.